The molecule has 6 nitrogen and oxygen atoms in total. The minimum atomic E-state index is -0.397. The summed E-state index contributed by atoms with van der Waals surface area (Å²) in [5.74, 6) is 0.606. The van der Waals surface area contributed by atoms with Crippen LogP contribution in [0.15, 0.2) is 48.5 Å². The Morgan fingerprint density at radius 3 is 1.35 bits per heavy atom. The van der Waals surface area contributed by atoms with Crippen molar-refractivity contribution in [1.29, 1.82) is 0 Å². The number of hydrogen-bond donors (Lipinski definition) is 0. The van der Waals surface area contributed by atoms with E-state index in [9.17, 15) is 20.2 Å². The molecule has 6 heteroatoms. The van der Waals surface area contributed by atoms with Gasteiger partial charge in [-0.15, -0.1) is 0 Å². The molecule has 1 aliphatic rings. The summed E-state index contributed by atoms with van der Waals surface area (Å²) in [4.78, 5) is 20.7. The maximum atomic E-state index is 10.8. The lowest BCUT2D eigenvalue weighted by molar-refractivity contribution is -0.385. The van der Waals surface area contributed by atoms with Crippen molar-refractivity contribution in [3.05, 3.63) is 79.9 Å². The van der Waals surface area contributed by atoms with Gasteiger partial charge in [0.15, 0.2) is 0 Å². The van der Waals surface area contributed by atoms with Crippen molar-refractivity contribution in [3.63, 3.8) is 0 Å². The van der Waals surface area contributed by atoms with Crippen LogP contribution in [-0.4, -0.2) is 9.85 Å². The molecule has 0 amide bonds. The topological polar surface area (TPSA) is 86.3 Å². The summed E-state index contributed by atoms with van der Waals surface area (Å²) >= 11 is 0. The van der Waals surface area contributed by atoms with Crippen LogP contribution in [-0.2, 0) is 0 Å². The molecule has 0 aromatic heterocycles. The number of nitro benzene ring substituents is 2. The number of nitrogens with zero attached hydrogens (tertiary/aromatic N) is 2. The zero-order valence-electron chi connectivity index (χ0n) is 12.4. The third-order valence-corrected chi connectivity index (χ3v) is 4.58. The van der Waals surface area contributed by atoms with Gasteiger partial charge in [-0.3, -0.25) is 20.2 Å². The zero-order chi connectivity index (χ0) is 16.4. The maximum absolute atomic E-state index is 10.8. The molecule has 2 aromatic carbocycles. The van der Waals surface area contributed by atoms with Crippen molar-refractivity contribution in [2.45, 2.75) is 31.1 Å². The number of rotatable bonds is 4. The molecule has 118 valence electrons. The average Bonchev–Trinajstić information content (AvgIpc) is 3.04. The molecule has 0 bridgehead atoms. The third-order valence-electron chi connectivity index (χ3n) is 4.58. The monoisotopic (exact) mass is 312 g/mol. The molecule has 2 aromatic rings. The van der Waals surface area contributed by atoms with E-state index in [4.69, 9.17) is 0 Å². The molecule has 1 fully saturated rings. The molecule has 1 aliphatic carbocycles. The average molecular weight is 312 g/mol. The lowest BCUT2D eigenvalue weighted by atomic mass is 9.84. The number of benzene rings is 2. The van der Waals surface area contributed by atoms with Gasteiger partial charge in [0.2, 0.25) is 0 Å². The van der Waals surface area contributed by atoms with Gasteiger partial charge in [-0.25, -0.2) is 0 Å². The van der Waals surface area contributed by atoms with E-state index in [2.05, 4.69) is 0 Å². The molecule has 1 saturated carbocycles. The van der Waals surface area contributed by atoms with Gasteiger partial charge in [0, 0.05) is 24.3 Å². The van der Waals surface area contributed by atoms with Gasteiger partial charge in [0.05, 0.1) is 9.85 Å². The Morgan fingerprint density at radius 2 is 1.04 bits per heavy atom. The van der Waals surface area contributed by atoms with Crippen molar-refractivity contribution in [2.75, 3.05) is 0 Å². The van der Waals surface area contributed by atoms with E-state index in [1.165, 1.54) is 0 Å². The Kier molecular flexibility index (Phi) is 4.06. The van der Waals surface area contributed by atoms with Crippen molar-refractivity contribution < 1.29 is 9.85 Å². The highest BCUT2D eigenvalue weighted by atomic mass is 16.6. The third kappa shape index (κ3) is 3.06. The maximum Gasteiger partial charge on any atom is 0.269 e. The predicted octanol–water partition coefficient (Wildman–Crippen LogP) is 4.55. The van der Waals surface area contributed by atoms with Gasteiger partial charge in [0.25, 0.3) is 11.4 Å². The van der Waals surface area contributed by atoms with Crippen LogP contribution in [0.25, 0.3) is 0 Å². The van der Waals surface area contributed by atoms with Gasteiger partial charge < -0.3 is 0 Å². The molecule has 0 radical (unpaired) electrons. The second kappa shape index (κ2) is 6.16. The Balaban J connectivity index is 1.84. The summed E-state index contributed by atoms with van der Waals surface area (Å²) in [6.45, 7) is 0. The fourth-order valence-corrected chi connectivity index (χ4v) is 3.44. The summed E-state index contributed by atoms with van der Waals surface area (Å²) in [5.41, 5.74) is 2.38. The molecule has 0 heterocycles. The second-order valence-electron chi connectivity index (χ2n) is 5.84. The fourth-order valence-electron chi connectivity index (χ4n) is 3.44. The second-order valence-corrected chi connectivity index (χ2v) is 5.84. The molecule has 0 spiro atoms. The Hall–Kier alpha value is -2.76. The smallest absolute Gasteiger partial charge is 0.258 e. The summed E-state index contributed by atoms with van der Waals surface area (Å²) in [5, 5.41) is 21.5. The van der Waals surface area contributed by atoms with Gasteiger partial charge in [-0.05, 0) is 35.8 Å². The Labute approximate surface area is 133 Å². The lowest BCUT2D eigenvalue weighted by Crippen LogP contribution is -2.05. The van der Waals surface area contributed by atoms with Crippen molar-refractivity contribution in [3.8, 4) is 0 Å². The summed E-state index contributed by atoms with van der Waals surface area (Å²) in [6, 6.07) is 13.5. The van der Waals surface area contributed by atoms with Gasteiger partial charge in [0.1, 0.15) is 0 Å². The Morgan fingerprint density at radius 1 is 0.696 bits per heavy atom. The molecule has 23 heavy (non-hydrogen) atoms. The molecular weight excluding hydrogens is 296 g/mol. The Bertz CT molecular complexity index is 662. The highest BCUT2D eigenvalue weighted by Gasteiger charge is 2.30. The van der Waals surface area contributed by atoms with Crippen LogP contribution in [0.4, 0.5) is 11.4 Å². The van der Waals surface area contributed by atoms with E-state index in [-0.39, 0.29) is 11.4 Å². The van der Waals surface area contributed by atoms with Crippen molar-refractivity contribution in [2.24, 2.45) is 0 Å². The first-order chi connectivity index (χ1) is 11.1. The quantitative estimate of drug-likeness (QED) is 0.612. The van der Waals surface area contributed by atoms with Crippen LogP contribution in [0.1, 0.15) is 42.2 Å². The molecular formula is C17H16N2O4. The zero-order valence-corrected chi connectivity index (χ0v) is 12.4. The standard InChI is InChI=1S/C17H16N2O4/c20-18(21)14-8-4-12(5-9-14)16-2-1-3-17(16)13-6-10-15(11-7-13)19(22)23/h4-11,16-17H,1-3H2/t16-,17-/m0/s1. The van der Waals surface area contributed by atoms with Crippen LogP contribution in [0, 0.1) is 20.2 Å². The van der Waals surface area contributed by atoms with E-state index in [0.717, 1.165) is 30.4 Å². The summed E-state index contributed by atoms with van der Waals surface area (Å²) in [6.07, 6.45) is 3.14. The van der Waals surface area contributed by atoms with Gasteiger partial charge >= 0.3 is 0 Å². The van der Waals surface area contributed by atoms with Crippen LogP contribution in [0.2, 0.25) is 0 Å². The van der Waals surface area contributed by atoms with E-state index >= 15 is 0 Å². The number of hydrogen-bond acceptors (Lipinski definition) is 4. The van der Waals surface area contributed by atoms with Gasteiger partial charge in [-0.2, -0.15) is 0 Å². The molecule has 3 rings (SSSR count). The molecule has 0 unspecified atom stereocenters. The van der Waals surface area contributed by atoms with Gasteiger partial charge in [-0.1, -0.05) is 30.7 Å². The number of nitro groups is 2. The van der Waals surface area contributed by atoms with Crippen LogP contribution in [0.3, 0.4) is 0 Å². The van der Waals surface area contributed by atoms with E-state index < -0.39 is 9.85 Å². The summed E-state index contributed by atoms with van der Waals surface area (Å²) < 4.78 is 0. The highest BCUT2D eigenvalue weighted by molar-refractivity contribution is 5.39. The minimum absolute atomic E-state index is 0.0960. The van der Waals surface area contributed by atoms with Crippen molar-refractivity contribution in [1.82, 2.24) is 0 Å². The first kappa shape index (κ1) is 15.1. The SMILES string of the molecule is O=[N+]([O-])c1ccc([C@@H]2CCC[C@H]2c2ccc([N+](=O)[O-])cc2)cc1. The van der Waals surface area contributed by atoms with Crippen LogP contribution >= 0.6 is 0 Å². The number of non-ortho nitro benzene ring substituents is 2. The van der Waals surface area contributed by atoms with Crippen LogP contribution in [0.5, 0.6) is 0 Å². The molecule has 0 saturated heterocycles. The largest absolute Gasteiger partial charge is 0.269 e. The first-order valence-electron chi connectivity index (χ1n) is 7.55. The molecule has 0 aliphatic heterocycles. The molecule has 0 N–H and O–H groups in total. The van der Waals surface area contributed by atoms with E-state index in [1.54, 1.807) is 24.3 Å². The van der Waals surface area contributed by atoms with Crippen LogP contribution < -0.4 is 0 Å². The highest BCUT2D eigenvalue weighted by Crippen LogP contribution is 2.46. The van der Waals surface area contributed by atoms with E-state index in [1.807, 2.05) is 24.3 Å². The fraction of sp³-hybridized carbons (Fsp3) is 0.294. The summed E-state index contributed by atoms with van der Waals surface area (Å²) in [7, 11) is 0. The lowest BCUT2D eigenvalue weighted by Gasteiger charge is -2.20. The minimum Gasteiger partial charge on any atom is -0.258 e. The normalized spacial score (nSPS) is 20.3. The first-order valence-corrected chi connectivity index (χ1v) is 7.55. The molecule has 2 atom stereocenters. The van der Waals surface area contributed by atoms with E-state index in [0.29, 0.717) is 11.8 Å². The predicted molar refractivity (Wildman–Crippen MR) is 85.5 cm³/mol. The van der Waals surface area contributed by atoms with Crippen molar-refractivity contribution >= 4 is 11.4 Å².